The van der Waals surface area contributed by atoms with Gasteiger partial charge in [-0.05, 0) is 43.5 Å². The van der Waals surface area contributed by atoms with Crippen LogP contribution in [0.1, 0.15) is 13.3 Å². The Kier molecular flexibility index (Phi) is 3.93. The summed E-state index contributed by atoms with van der Waals surface area (Å²) in [5.41, 5.74) is 0. The maximum atomic E-state index is 12.9. The lowest BCUT2D eigenvalue weighted by Crippen LogP contribution is -2.39. The molecular weight excluding hydrogens is 286 g/mol. The molecule has 0 spiro atoms. The molecule has 1 aromatic heterocycles. The van der Waals surface area contributed by atoms with Crippen molar-refractivity contribution in [2.75, 3.05) is 19.6 Å². The summed E-state index contributed by atoms with van der Waals surface area (Å²) >= 11 is 0. The van der Waals surface area contributed by atoms with Crippen molar-refractivity contribution in [3.05, 3.63) is 36.7 Å². The van der Waals surface area contributed by atoms with E-state index in [0.717, 1.165) is 23.7 Å². The van der Waals surface area contributed by atoms with Gasteiger partial charge >= 0.3 is 0 Å². The van der Waals surface area contributed by atoms with E-state index in [2.05, 4.69) is 10.3 Å². The van der Waals surface area contributed by atoms with Gasteiger partial charge in [0.2, 0.25) is 10.0 Å². The van der Waals surface area contributed by atoms with E-state index in [-0.39, 0.29) is 6.04 Å². The van der Waals surface area contributed by atoms with Crippen molar-refractivity contribution in [2.45, 2.75) is 24.3 Å². The smallest absolute Gasteiger partial charge is 0.243 e. The quantitative estimate of drug-likeness (QED) is 0.915. The number of nitrogens with zero attached hydrogens (tertiary/aromatic N) is 2. The van der Waals surface area contributed by atoms with Crippen molar-refractivity contribution in [3.63, 3.8) is 0 Å². The fourth-order valence-corrected chi connectivity index (χ4v) is 4.40. The third-order valence-electron chi connectivity index (χ3n) is 3.96. The van der Waals surface area contributed by atoms with Crippen molar-refractivity contribution >= 4 is 20.8 Å². The Balaban J connectivity index is 2.02. The standard InChI is InChI=1S/C15H19N3O2S/c1-12-4-6-16-8-9-18(12)21(19,20)15-3-2-14-11-17-7-5-13(14)10-15/h2-3,5,7,10-12,16H,4,6,8-9H2,1H3/t12-/m1/s1. The second kappa shape index (κ2) is 5.71. The van der Waals surface area contributed by atoms with Crippen LogP contribution in [0.4, 0.5) is 0 Å². The van der Waals surface area contributed by atoms with Crippen LogP contribution in [0.5, 0.6) is 0 Å². The third-order valence-corrected chi connectivity index (χ3v) is 5.97. The first-order valence-corrected chi connectivity index (χ1v) is 8.59. The highest BCUT2D eigenvalue weighted by atomic mass is 32.2. The number of sulfonamides is 1. The van der Waals surface area contributed by atoms with E-state index < -0.39 is 10.0 Å². The van der Waals surface area contributed by atoms with Gasteiger partial charge < -0.3 is 5.32 Å². The normalized spacial score (nSPS) is 21.3. The van der Waals surface area contributed by atoms with Gasteiger partial charge in [0.05, 0.1) is 4.90 Å². The van der Waals surface area contributed by atoms with Crippen molar-refractivity contribution in [2.24, 2.45) is 0 Å². The summed E-state index contributed by atoms with van der Waals surface area (Å²) in [6.07, 6.45) is 4.25. The van der Waals surface area contributed by atoms with E-state index in [1.54, 1.807) is 28.8 Å². The number of fused-ring (bicyclic) bond motifs is 1. The van der Waals surface area contributed by atoms with Crippen molar-refractivity contribution in [1.29, 1.82) is 0 Å². The average molecular weight is 305 g/mol. The van der Waals surface area contributed by atoms with Gasteiger partial charge in [0.25, 0.3) is 0 Å². The monoisotopic (exact) mass is 305 g/mol. The molecule has 3 rings (SSSR count). The molecule has 0 aliphatic carbocycles. The molecule has 0 saturated carbocycles. The molecule has 1 atom stereocenters. The molecule has 1 saturated heterocycles. The van der Waals surface area contributed by atoms with Gasteiger partial charge in [0.1, 0.15) is 0 Å². The van der Waals surface area contributed by atoms with Gasteiger partial charge in [-0.25, -0.2) is 8.42 Å². The minimum atomic E-state index is -3.45. The lowest BCUT2D eigenvalue weighted by atomic mass is 10.2. The molecule has 0 amide bonds. The first-order valence-electron chi connectivity index (χ1n) is 7.15. The zero-order valence-electron chi connectivity index (χ0n) is 12.0. The van der Waals surface area contributed by atoms with Crippen LogP contribution in [0.15, 0.2) is 41.6 Å². The van der Waals surface area contributed by atoms with Crippen molar-refractivity contribution in [1.82, 2.24) is 14.6 Å². The minimum absolute atomic E-state index is 0.0122. The highest BCUT2D eigenvalue weighted by Gasteiger charge is 2.29. The Labute approximate surface area is 125 Å². The number of aromatic nitrogens is 1. The minimum Gasteiger partial charge on any atom is -0.315 e. The number of rotatable bonds is 2. The Morgan fingerprint density at radius 3 is 2.95 bits per heavy atom. The van der Waals surface area contributed by atoms with Crippen LogP contribution in [0.3, 0.4) is 0 Å². The first kappa shape index (κ1) is 14.4. The summed E-state index contributed by atoms with van der Waals surface area (Å²) < 4.78 is 27.4. The van der Waals surface area contributed by atoms with Crippen molar-refractivity contribution < 1.29 is 8.42 Å². The molecule has 0 radical (unpaired) electrons. The van der Waals surface area contributed by atoms with E-state index >= 15 is 0 Å². The van der Waals surface area contributed by atoms with Gasteiger partial charge in [0, 0.05) is 36.9 Å². The van der Waals surface area contributed by atoms with Gasteiger partial charge in [-0.2, -0.15) is 4.31 Å². The highest BCUT2D eigenvalue weighted by Crippen LogP contribution is 2.23. The molecule has 1 aliphatic rings. The fraction of sp³-hybridized carbons (Fsp3) is 0.400. The topological polar surface area (TPSA) is 62.3 Å². The molecule has 2 aromatic rings. The van der Waals surface area contributed by atoms with Gasteiger partial charge in [-0.1, -0.05) is 6.07 Å². The molecule has 1 fully saturated rings. The summed E-state index contributed by atoms with van der Waals surface area (Å²) in [5, 5.41) is 5.09. The number of hydrogen-bond acceptors (Lipinski definition) is 4. The summed E-state index contributed by atoms with van der Waals surface area (Å²) in [7, 11) is -3.45. The largest absolute Gasteiger partial charge is 0.315 e. The average Bonchev–Trinajstić information content (AvgIpc) is 2.71. The zero-order valence-corrected chi connectivity index (χ0v) is 12.8. The SMILES string of the molecule is C[C@@H]1CCNCCN1S(=O)(=O)c1ccc2cnccc2c1. The number of benzene rings is 1. The molecule has 0 bridgehead atoms. The first-order chi connectivity index (χ1) is 10.1. The second-order valence-corrected chi connectivity index (χ2v) is 7.28. The van der Waals surface area contributed by atoms with Gasteiger partial charge in [-0.15, -0.1) is 0 Å². The molecule has 1 N–H and O–H groups in total. The predicted molar refractivity (Wildman–Crippen MR) is 82.6 cm³/mol. The van der Waals surface area contributed by atoms with Crippen LogP contribution in [-0.2, 0) is 10.0 Å². The van der Waals surface area contributed by atoms with E-state index in [0.29, 0.717) is 18.0 Å². The highest BCUT2D eigenvalue weighted by molar-refractivity contribution is 7.89. The molecule has 5 nitrogen and oxygen atoms in total. The molecule has 0 unspecified atom stereocenters. The Hall–Kier alpha value is -1.50. The van der Waals surface area contributed by atoms with Crippen LogP contribution in [0, 0.1) is 0 Å². The maximum absolute atomic E-state index is 12.9. The van der Waals surface area contributed by atoms with Crippen LogP contribution >= 0.6 is 0 Å². The van der Waals surface area contributed by atoms with E-state index in [4.69, 9.17) is 0 Å². The summed E-state index contributed by atoms with van der Waals surface area (Å²) in [5.74, 6) is 0. The van der Waals surface area contributed by atoms with Gasteiger partial charge in [0.15, 0.2) is 0 Å². The molecule has 1 aromatic carbocycles. The van der Waals surface area contributed by atoms with Crippen LogP contribution < -0.4 is 5.32 Å². The molecule has 21 heavy (non-hydrogen) atoms. The van der Waals surface area contributed by atoms with Gasteiger partial charge in [-0.3, -0.25) is 4.98 Å². The second-order valence-electron chi connectivity index (χ2n) is 5.39. The van der Waals surface area contributed by atoms with Crippen LogP contribution in [-0.4, -0.2) is 43.4 Å². The lowest BCUT2D eigenvalue weighted by molar-refractivity contribution is 0.350. The predicted octanol–water partition coefficient (Wildman–Crippen LogP) is 1.61. The summed E-state index contributed by atoms with van der Waals surface area (Å²) in [6, 6.07) is 7.07. The lowest BCUT2D eigenvalue weighted by Gasteiger charge is -2.26. The van der Waals surface area contributed by atoms with E-state index in [9.17, 15) is 8.42 Å². The number of nitrogens with one attached hydrogen (secondary N) is 1. The van der Waals surface area contributed by atoms with E-state index in [1.807, 2.05) is 19.1 Å². The Morgan fingerprint density at radius 2 is 2.10 bits per heavy atom. The molecule has 1 aliphatic heterocycles. The Bertz CT molecular complexity index is 745. The fourth-order valence-electron chi connectivity index (χ4n) is 2.70. The Morgan fingerprint density at radius 1 is 1.24 bits per heavy atom. The maximum Gasteiger partial charge on any atom is 0.243 e. The third kappa shape index (κ3) is 2.79. The van der Waals surface area contributed by atoms with Crippen molar-refractivity contribution in [3.8, 4) is 0 Å². The molecule has 6 heteroatoms. The summed E-state index contributed by atoms with van der Waals surface area (Å²) in [4.78, 5) is 4.41. The number of pyridine rings is 1. The molecule has 112 valence electrons. The summed E-state index contributed by atoms with van der Waals surface area (Å²) in [6.45, 7) is 4.03. The van der Waals surface area contributed by atoms with Crippen LogP contribution in [0.2, 0.25) is 0 Å². The zero-order chi connectivity index (χ0) is 14.9. The van der Waals surface area contributed by atoms with Crippen LogP contribution in [0.25, 0.3) is 10.8 Å². The van der Waals surface area contributed by atoms with E-state index in [1.165, 1.54) is 0 Å². The molecular formula is C15H19N3O2S. The number of hydrogen-bond donors (Lipinski definition) is 1. The molecule has 2 heterocycles.